The Morgan fingerprint density at radius 1 is 1.61 bits per heavy atom. The smallest absolute Gasteiger partial charge is 0.327 e. The van der Waals surface area contributed by atoms with E-state index in [2.05, 4.69) is 12.6 Å². The number of nitrogens with zero attached hydrogens (tertiary/aromatic N) is 1. The van der Waals surface area contributed by atoms with Crippen molar-refractivity contribution in [2.75, 3.05) is 6.61 Å². The standard InChI is InChI=1S/C18H16ClNO3/c1-3-23-17(22)18(11-20)9-13(10-21)7-12(2)16(18)14-5-4-6-15(19)8-14/h4-8,10,16H,2-3,9H2,1H3/t16-,18+/m1/s1. The molecule has 5 heteroatoms. The van der Waals surface area contributed by atoms with Gasteiger partial charge in [-0.3, -0.25) is 9.59 Å². The molecular formula is C18H16ClNO3. The average molecular weight is 330 g/mol. The second kappa shape index (κ2) is 6.80. The molecule has 1 aromatic rings. The van der Waals surface area contributed by atoms with Crippen LogP contribution in [0.1, 0.15) is 24.8 Å². The third-order valence-electron chi connectivity index (χ3n) is 3.89. The number of rotatable bonds is 4. The fourth-order valence-electron chi connectivity index (χ4n) is 2.97. The first-order chi connectivity index (χ1) is 11.0. The molecule has 2 atom stereocenters. The van der Waals surface area contributed by atoms with Crippen molar-refractivity contribution in [3.05, 3.63) is 58.7 Å². The summed E-state index contributed by atoms with van der Waals surface area (Å²) in [6, 6.07) is 9.03. The maximum absolute atomic E-state index is 12.6. The minimum atomic E-state index is -1.53. The van der Waals surface area contributed by atoms with Crippen LogP contribution >= 0.6 is 11.6 Å². The van der Waals surface area contributed by atoms with Crippen LogP contribution in [0.2, 0.25) is 5.02 Å². The monoisotopic (exact) mass is 329 g/mol. The molecule has 1 aliphatic carbocycles. The Morgan fingerprint density at radius 3 is 2.91 bits per heavy atom. The first-order valence-corrected chi connectivity index (χ1v) is 7.54. The molecule has 0 unspecified atom stereocenters. The number of hydrogen-bond acceptors (Lipinski definition) is 4. The van der Waals surface area contributed by atoms with Crippen molar-refractivity contribution in [3.63, 3.8) is 0 Å². The molecule has 0 aromatic heterocycles. The number of carbonyl (C=O) groups is 2. The van der Waals surface area contributed by atoms with Crippen LogP contribution in [-0.2, 0) is 14.3 Å². The van der Waals surface area contributed by atoms with Gasteiger partial charge in [-0.15, -0.1) is 0 Å². The molecule has 1 aliphatic rings. The molecule has 0 amide bonds. The number of carbonyl (C=O) groups excluding carboxylic acids is 2. The van der Waals surface area contributed by atoms with Crippen molar-refractivity contribution in [3.8, 4) is 6.07 Å². The summed E-state index contributed by atoms with van der Waals surface area (Å²) >= 11 is 6.04. The lowest BCUT2D eigenvalue weighted by atomic mass is 9.63. The summed E-state index contributed by atoms with van der Waals surface area (Å²) in [5.41, 5.74) is 0.0272. The number of esters is 1. The Hall–Kier alpha value is -2.38. The van der Waals surface area contributed by atoms with Gasteiger partial charge in [0.15, 0.2) is 5.41 Å². The van der Waals surface area contributed by atoms with E-state index in [1.807, 2.05) is 0 Å². The number of halogens is 1. The highest BCUT2D eigenvalue weighted by molar-refractivity contribution is 6.30. The Morgan fingerprint density at radius 2 is 2.35 bits per heavy atom. The lowest BCUT2D eigenvalue weighted by Gasteiger charge is -2.37. The molecule has 23 heavy (non-hydrogen) atoms. The molecule has 0 fully saturated rings. The lowest BCUT2D eigenvalue weighted by molar-refractivity contribution is -0.152. The third-order valence-corrected chi connectivity index (χ3v) is 4.13. The van der Waals surface area contributed by atoms with Crippen LogP contribution in [0.15, 0.2) is 48.1 Å². The molecule has 0 saturated heterocycles. The highest BCUT2D eigenvalue weighted by Gasteiger charge is 2.51. The van der Waals surface area contributed by atoms with Gasteiger partial charge in [0.1, 0.15) is 6.29 Å². The topological polar surface area (TPSA) is 67.2 Å². The molecule has 0 spiro atoms. The molecule has 0 saturated carbocycles. The lowest BCUT2D eigenvalue weighted by Crippen LogP contribution is -2.41. The minimum absolute atomic E-state index is 0.0119. The fraction of sp³-hybridized carbons (Fsp3) is 0.278. The van der Waals surface area contributed by atoms with Gasteiger partial charge < -0.3 is 4.74 Å². The summed E-state index contributed by atoms with van der Waals surface area (Å²) in [5, 5.41) is 10.3. The number of hydrogen-bond donors (Lipinski definition) is 0. The molecule has 1 aromatic carbocycles. The molecule has 0 N–H and O–H groups in total. The van der Waals surface area contributed by atoms with Crippen molar-refractivity contribution in [2.45, 2.75) is 19.3 Å². The van der Waals surface area contributed by atoms with Crippen LogP contribution < -0.4 is 0 Å². The predicted molar refractivity (Wildman–Crippen MR) is 86.8 cm³/mol. The average Bonchev–Trinajstić information content (AvgIpc) is 2.53. The van der Waals surface area contributed by atoms with Gasteiger partial charge in [-0.1, -0.05) is 36.4 Å². The summed E-state index contributed by atoms with van der Waals surface area (Å²) in [5.74, 6) is -1.27. The quantitative estimate of drug-likeness (QED) is 0.625. The first kappa shape index (κ1) is 17.0. The second-order valence-corrected chi connectivity index (χ2v) is 5.82. The largest absolute Gasteiger partial charge is 0.465 e. The van der Waals surface area contributed by atoms with Gasteiger partial charge in [0, 0.05) is 17.4 Å². The van der Waals surface area contributed by atoms with E-state index in [1.54, 1.807) is 37.3 Å². The predicted octanol–water partition coefficient (Wildman–Crippen LogP) is 3.58. The van der Waals surface area contributed by atoms with E-state index in [0.29, 0.717) is 28.0 Å². The van der Waals surface area contributed by atoms with Crippen LogP contribution in [-0.4, -0.2) is 18.9 Å². The Kier molecular flexibility index (Phi) is 5.02. The van der Waals surface area contributed by atoms with Gasteiger partial charge >= 0.3 is 5.97 Å². The maximum atomic E-state index is 12.6. The van der Waals surface area contributed by atoms with Gasteiger partial charge in [-0.05, 0) is 35.8 Å². The highest BCUT2D eigenvalue weighted by atomic mass is 35.5. The second-order valence-electron chi connectivity index (χ2n) is 5.38. The molecule has 118 valence electrons. The van der Waals surface area contributed by atoms with E-state index in [1.165, 1.54) is 0 Å². The minimum Gasteiger partial charge on any atom is -0.465 e. The number of aldehydes is 1. The summed E-state index contributed by atoms with van der Waals surface area (Å²) in [4.78, 5) is 23.8. The molecule has 0 heterocycles. The highest BCUT2D eigenvalue weighted by Crippen LogP contribution is 2.49. The van der Waals surface area contributed by atoms with Crippen molar-refractivity contribution in [2.24, 2.45) is 5.41 Å². The van der Waals surface area contributed by atoms with E-state index in [0.717, 1.165) is 0 Å². The SMILES string of the molecule is C=C1C=C(C=O)C[C@@](C#N)(C(=O)OCC)[C@H]1c1cccc(Cl)c1. The van der Waals surface area contributed by atoms with Crippen molar-refractivity contribution in [1.82, 2.24) is 0 Å². The Bertz CT molecular complexity index is 732. The Balaban J connectivity index is 2.65. The van der Waals surface area contributed by atoms with Crippen LogP contribution in [0.25, 0.3) is 0 Å². The fourth-order valence-corrected chi connectivity index (χ4v) is 3.17. The van der Waals surface area contributed by atoms with Gasteiger partial charge in [0.25, 0.3) is 0 Å². The summed E-state index contributed by atoms with van der Waals surface area (Å²) < 4.78 is 5.12. The van der Waals surface area contributed by atoms with E-state index >= 15 is 0 Å². The van der Waals surface area contributed by atoms with Gasteiger partial charge in [0.2, 0.25) is 0 Å². The van der Waals surface area contributed by atoms with Crippen molar-refractivity contribution >= 4 is 23.9 Å². The normalized spacial score (nSPS) is 23.6. The van der Waals surface area contributed by atoms with E-state index < -0.39 is 17.3 Å². The van der Waals surface area contributed by atoms with E-state index in [9.17, 15) is 14.9 Å². The molecule has 2 rings (SSSR count). The van der Waals surface area contributed by atoms with Crippen molar-refractivity contribution < 1.29 is 14.3 Å². The summed E-state index contributed by atoms with van der Waals surface area (Å²) in [6.45, 7) is 5.77. The zero-order valence-electron chi connectivity index (χ0n) is 12.7. The van der Waals surface area contributed by atoms with Gasteiger partial charge in [-0.25, -0.2) is 0 Å². The molecule has 0 bridgehead atoms. The van der Waals surface area contributed by atoms with Crippen LogP contribution in [0.5, 0.6) is 0 Å². The van der Waals surface area contributed by atoms with Crippen LogP contribution in [0.4, 0.5) is 0 Å². The van der Waals surface area contributed by atoms with Gasteiger partial charge in [0.05, 0.1) is 12.7 Å². The van der Waals surface area contributed by atoms with Crippen molar-refractivity contribution in [1.29, 1.82) is 5.26 Å². The van der Waals surface area contributed by atoms with Gasteiger partial charge in [-0.2, -0.15) is 5.26 Å². The number of ether oxygens (including phenoxy) is 1. The zero-order chi connectivity index (χ0) is 17.0. The zero-order valence-corrected chi connectivity index (χ0v) is 13.5. The summed E-state index contributed by atoms with van der Waals surface area (Å²) in [6.07, 6.45) is 2.25. The molecule has 4 nitrogen and oxygen atoms in total. The summed E-state index contributed by atoms with van der Waals surface area (Å²) in [7, 11) is 0. The third kappa shape index (κ3) is 3.06. The maximum Gasteiger partial charge on any atom is 0.327 e. The van der Waals surface area contributed by atoms with Crippen LogP contribution in [0, 0.1) is 16.7 Å². The molecular weight excluding hydrogens is 314 g/mol. The van der Waals surface area contributed by atoms with E-state index in [-0.39, 0.29) is 13.0 Å². The first-order valence-electron chi connectivity index (χ1n) is 7.17. The molecule has 0 aliphatic heterocycles. The number of nitriles is 1. The van der Waals surface area contributed by atoms with Crippen LogP contribution in [0.3, 0.4) is 0 Å². The number of allylic oxidation sites excluding steroid dienone is 3. The Labute approximate surface area is 140 Å². The number of benzene rings is 1. The van der Waals surface area contributed by atoms with E-state index in [4.69, 9.17) is 16.3 Å². The molecule has 0 radical (unpaired) electrons.